The van der Waals surface area contributed by atoms with E-state index in [9.17, 15) is 9.18 Å². The minimum Gasteiger partial charge on any atom is -0.473 e. The summed E-state index contributed by atoms with van der Waals surface area (Å²) in [4.78, 5) is 21.4. The molecule has 5 aromatic rings. The second-order valence-electron chi connectivity index (χ2n) is 9.97. The molecule has 1 aliphatic rings. The van der Waals surface area contributed by atoms with Gasteiger partial charge in [0.25, 0.3) is 0 Å². The number of aromatic nitrogens is 3. The molecule has 3 aromatic carbocycles. The number of halogens is 3. The molecule has 3 heterocycles. The number of imidazole rings is 1. The van der Waals surface area contributed by atoms with Crippen LogP contribution in [0.5, 0.6) is 17.6 Å². The Morgan fingerprint density at radius 2 is 1.95 bits per heavy atom. The predicted octanol–water partition coefficient (Wildman–Crippen LogP) is 7.88. The number of hydrogen-bond donors (Lipinski definition) is 0. The Morgan fingerprint density at radius 1 is 1.07 bits per heavy atom. The summed E-state index contributed by atoms with van der Waals surface area (Å²) in [6.07, 6.45) is 1.89. The van der Waals surface area contributed by atoms with Crippen molar-refractivity contribution in [3.63, 3.8) is 0 Å². The number of esters is 1. The van der Waals surface area contributed by atoms with E-state index >= 15 is 0 Å². The van der Waals surface area contributed by atoms with E-state index in [1.165, 1.54) is 13.2 Å². The van der Waals surface area contributed by atoms with Crippen LogP contribution in [0.1, 0.15) is 28.8 Å². The smallest absolute Gasteiger partial charge is 0.337 e. The summed E-state index contributed by atoms with van der Waals surface area (Å²) in [5, 5.41) is 0.665. The van der Waals surface area contributed by atoms with Crippen molar-refractivity contribution in [3.8, 4) is 28.9 Å². The molecule has 6 rings (SSSR count). The van der Waals surface area contributed by atoms with Crippen LogP contribution in [0.4, 0.5) is 4.39 Å². The lowest BCUT2D eigenvalue weighted by Crippen LogP contribution is -2.15. The van der Waals surface area contributed by atoms with Crippen LogP contribution < -0.4 is 9.47 Å². The number of carbonyl (C=O) groups excluding carboxylic acids is 1. The van der Waals surface area contributed by atoms with E-state index < -0.39 is 11.8 Å². The SMILES string of the molecule is COC(=O)c1ccc2nc(Oc3ccc(-c4cccc(OCc5ccc(Cl)cc5F)n4)cc3Cl)n(C[C@@H]3CCCO3)c2c1. The lowest BCUT2D eigenvalue weighted by molar-refractivity contribution is 0.0601. The molecule has 0 spiro atoms. The molecule has 0 aliphatic carbocycles. The van der Waals surface area contributed by atoms with E-state index in [4.69, 9.17) is 42.1 Å². The zero-order chi connectivity index (χ0) is 29.9. The van der Waals surface area contributed by atoms with E-state index in [1.807, 2.05) is 16.7 Å². The maximum absolute atomic E-state index is 14.1. The van der Waals surface area contributed by atoms with Crippen LogP contribution in [0.3, 0.4) is 0 Å². The fourth-order valence-electron chi connectivity index (χ4n) is 4.88. The summed E-state index contributed by atoms with van der Waals surface area (Å²) in [6, 6.07) is 20.5. The Morgan fingerprint density at radius 3 is 2.72 bits per heavy atom. The molecule has 8 nitrogen and oxygen atoms in total. The van der Waals surface area contributed by atoms with Crippen LogP contribution in [0.25, 0.3) is 22.3 Å². The molecule has 0 radical (unpaired) electrons. The van der Waals surface area contributed by atoms with Crippen molar-refractivity contribution >= 4 is 40.2 Å². The molecular weight excluding hydrogens is 596 g/mol. The Bertz CT molecular complexity index is 1810. The number of ether oxygens (including phenoxy) is 4. The van der Waals surface area contributed by atoms with Crippen LogP contribution in [0, 0.1) is 5.82 Å². The molecule has 220 valence electrons. The molecule has 2 aromatic heterocycles. The van der Waals surface area contributed by atoms with E-state index in [0.29, 0.717) is 63.2 Å². The fraction of sp³-hybridized carbons (Fsp3) is 0.219. The van der Waals surface area contributed by atoms with Gasteiger partial charge in [0.05, 0.1) is 47.1 Å². The first kappa shape index (κ1) is 28.9. The Kier molecular flexibility index (Phi) is 8.47. The Hall–Kier alpha value is -4.18. The van der Waals surface area contributed by atoms with Gasteiger partial charge in [0, 0.05) is 28.8 Å². The van der Waals surface area contributed by atoms with Crippen molar-refractivity contribution in [1.29, 1.82) is 0 Å². The lowest BCUT2D eigenvalue weighted by atomic mass is 10.1. The van der Waals surface area contributed by atoms with Gasteiger partial charge in [-0.05, 0) is 67.4 Å². The zero-order valence-corrected chi connectivity index (χ0v) is 24.6. The van der Waals surface area contributed by atoms with Gasteiger partial charge in [0.1, 0.15) is 18.2 Å². The number of carbonyl (C=O) groups is 1. The average Bonchev–Trinajstić information content (AvgIpc) is 3.65. The minimum absolute atomic E-state index is 0.00100. The van der Waals surface area contributed by atoms with E-state index in [0.717, 1.165) is 23.9 Å². The van der Waals surface area contributed by atoms with Crippen molar-refractivity contribution < 1.29 is 28.1 Å². The molecule has 0 N–H and O–H groups in total. The highest BCUT2D eigenvalue weighted by Crippen LogP contribution is 2.35. The number of fused-ring (bicyclic) bond motifs is 1. The molecular formula is C32H26Cl2FN3O5. The molecule has 1 saturated heterocycles. The first-order valence-electron chi connectivity index (χ1n) is 13.6. The quantitative estimate of drug-likeness (QED) is 0.155. The van der Waals surface area contributed by atoms with E-state index in [2.05, 4.69) is 9.97 Å². The largest absolute Gasteiger partial charge is 0.473 e. The fourth-order valence-corrected chi connectivity index (χ4v) is 5.26. The lowest BCUT2D eigenvalue weighted by Gasteiger charge is -2.15. The molecule has 11 heteroatoms. The summed E-state index contributed by atoms with van der Waals surface area (Å²) in [6.45, 7) is 1.20. The second-order valence-corrected chi connectivity index (χ2v) is 10.8. The van der Waals surface area contributed by atoms with Crippen LogP contribution in [-0.4, -0.2) is 40.3 Å². The third-order valence-corrected chi connectivity index (χ3v) is 7.62. The average molecular weight is 622 g/mol. The highest BCUT2D eigenvalue weighted by molar-refractivity contribution is 6.32. The third kappa shape index (κ3) is 6.44. The predicted molar refractivity (Wildman–Crippen MR) is 161 cm³/mol. The number of pyridine rings is 1. The van der Waals surface area contributed by atoms with Crippen LogP contribution in [-0.2, 0) is 22.6 Å². The zero-order valence-electron chi connectivity index (χ0n) is 23.1. The molecule has 43 heavy (non-hydrogen) atoms. The Balaban J connectivity index is 1.24. The summed E-state index contributed by atoms with van der Waals surface area (Å²) >= 11 is 12.5. The third-order valence-electron chi connectivity index (χ3n) is 7.09. The summed E-state index contributed by atoms with van der Waals surface area (Å²) in [5.74, 6) is -0.155. The van der Waals surface area contributed by atoms with Crippen LogP contribution in [0.2, 0.25) is 10.0 Å². The van der Waals surface area contributed by atoms with Gasteiger partial charge in [-0.2, -0.15) is 4.98 Å². The van der Waals surface area contributed by atoms with Gasteiger partial charge < -0.3 is 18.9 Å². The van der Waals surface area contributed by atoms with Crippen molar-refractivity contribution in [3.05, 3.63) is 99.8 Å². The number of rotatable bonds is 9. The number of nitrogens with zero attached hydrogens (tertiary/aromatic N) is 3. The van der Waals surface area contributed by atoms with Gasteiger partial charge in [-0.3, -0.25) is 4.57 Å². The molecule has 1 fully saturated rings. The first-order chi connectivity index (χ1) is 20.9. The van der Waals surface area contributed by atoms with Gasteiger partial charge in [-0.25, -0.2) is 14.2 Å². The molecule has 0 saturated carbocycles. The van der Waals surface area contributed by atoms with Crippen molar-refractivity contribution in [2.24, 2.45) is 0 Å². The molecule has 1 atom stereocenters. The monoisotopic (exact) mass is 621 g/mol. The molecule has 0 amide bonds. The van der Waals surface area contributed by atoms with E-state index in [1.54, 1.807) is 54.6 Å². The maximum atomic E-state index is 14.1. The summed E-state index contributed by atoms with van der Waals surface area (Å²) in [7, 11) is 1.34. The highest BCUT2D eigenvalue weighted by Gasteiger charge is 2.22. The van der Waals surface area contributed by atoms with Gasteiger partial charge in [0.2, 0.25) is 5.88 Å². The first-order valence-corrected chi connectivity index (χ1v) is 14.4. The topological polar surface area (TPSA) is 84.7 Å². The summed E-state index contributed by atoms with van der Waals surface area (Å²) < 4.78 is 38.8. The minimum atomic E-state index is -0.445. The van der Waals surface area contributed by atoms with Crippen LogP contribution >= 0.6 is 23.2 Å². The van der Waals surface area contributed by atoms with Gasteiger partial charge >= 0.3 is 12.0 Å². The highest BCUT2D eigenvalue weighted by atomic mass is 35.5. The number of hydrogen-bond acceptors (Lipinski definition) is 7. The maximum Gasteiger partial charge on any atom is 0.337 e. The normalized spacial score (nSPS) is 14.7. The van der Waals surface area contributed by atoms with Crippen molar-refractivity contribution in [2.45, 2.75) is 32.1 Å². The standard InChI is InChI=1S/C32H26Cl2FN3O5/c1-40-31(39)20-8-11-27-28(15-20)38(17-23-4-3-13-41-23)32(37-27)43-29-12-9-19(14-24(29)34)26-5-2-6-30(36-26)42-18-21-7-10-22(33)16-25(21)35/h2,5-12,14-16,23H,3-4,13,17-18H2,1H3/t23-/m0/s1. The molecule has 1 aliphatic heterocycles. The van der Waals surface area contributed by atoms with Gasteiger partial charge in [0.15, 0.2) is 0 Å². The number of benzene rings is 3. The summed E-state index contributed by atoms with van der Waals surface area (Å²) in [5.41, 5.74) is 3.51. The van der Waals surface area contributed by atoms with Crippen molar-refractivity contribution in [2.75, 3.05) is 13.7 Å². The molecule has 0 unspecified atom stereocenters. The molecule has 0 bridgehead atoms. The second kappa shape index (κ2) is 12.6. The van der Waals surface area contributed by atoms with Gasteiger partial charge in [-0.15, -0.1) is 0 Å². The van der Waals surface area contributed by atoms with Crippen molar-refractivity contribution in [1.82, 2.24) is 14.5 Å². The van der Waals surface area contributed by atoms with Crippen LogP contribution in [0.15, 0.2) is 72.8 Å². The number of methoxy groups -OCH3 is 1. The Labute approximate surface area is 256 Å². The van der Waals surface area contributed by atoms with E-state index in [-0.39, 0.29) is 12.7 Å². The van der Waals surface area contributed by atoms with Gasteiger partial charge in [-0.1, -0.05) is 35.3 Å².